The summed E-state index contributed by atoms with van der Waals surface area (Å²) in [6.45, 7) is 5.05. The highest BCUT2D eigenvalue weighted by atomic mass is 32.2. The Morgan fingerprint density at radius 2 is 2.00 bits per heavy atom. The molecule has 1 aromatic carbocycles. The molecule has 1 aliphatic heterocycles. The zero-order valence-corrected chi connectivity index (χ0v) is 13.2. The van der Waals surface area contributed by atoms with Gasteiger partial charge in [-0.3, -0.25) is 0 Å². The predicted molar refractivity (Wildman–Crippen MR) is 86.0 cm³/mol. The van der Waals surface area contributed by atoms with Crippen molar-refractivity contribution in [2.45, 2.75) is 24.7 Å². The second-order valence-electron chi connectivity index (χ2n) is 5.02. The van der Waals surface area contributed by atoms with Crippen LogP contribution in [-0.2, 0) is 10.0 Å². The van der Waals surface area contributed by atoms with Crippen molar-refractivity contribution >= 4 is 15.7 Å². The fourth-order valence-electron chi connectivity index (χ4n) is 2.29. The van der Waals surface area contributed by atoms with Crippen molar-refractivity contribution in [1.29, 1.82) is 0 Å². The van der Waals surface area contributed by atoms with E-state index in [0.717, 1.165) is 38.2 Å². The topological polar surface area (TPSA) is 70.2 Å². The minimum absolute atomic E-state index is 0.302. The third-order valence-electron chi connectivity index (χ3n) is 3.43. The molecule has 1 heterocycles. The fourth-order valence-corrected chi connectivity index (χ4v) is 3.33. The Balaban J connectivity index is 1.86. The first-order valence-corrected chi connectivity index (χ1v) is 8.82. The number of nitrogens with one attached hydrogen (secondary N) is 3. The first-order valence-electron chi connectivity index (χ1n) is 7.34. The Bertz CT molecular complexity index is 579. The van der Waals surface area contributed by atoms with Gasteiger partial charge in [0.05, 0.1) is 4.90 Å². The van der Waals surface area contributed by atoms with Crippen LogP contribution in [0.2, 0.25) is 0 Å². The summed E-state index contributed by atoms with van der Waals surface area (Å²) in [5.41, 5.74) is 2.42. The molecular formula is C15H23N3O2S. The number of benzene rings is 1. The zero-order chi connectivity index (χ0) is 15.1. The van der Waals surface area contributed by atoms with Gasteiger partial charge in [-0.15, -0.1) is 0 Å². The van der Waals surface area contributed by atoms with Crippen molar-refractivity contribution in [3.05, 3.63) is 35.9 Å². The van der Waals surface area contributed by atoms with Gasteiger partial charge in [-0.2, -0.15) is 0 Å². The average molecular weight is 309 g/mol. The molecule has 0 bridgehead atoms. The number of hydrogen-bond donors (Lipinski definition) is 3. The highest BCUT2D eigenvalue weighted by Crippen LogP contribution is 2.15. The zero-order valence-electron chi connectivity index (χ0n) is 12.4. The maximum absolute atomic E-state index is 11.8. The standard InChI is InChI=1S/C15H23N3O2S/c1-2-18-21(19,20)15-5-3-14(4-6-15)17-12-9-13-7-10-16-11-8-13/h3-7,16-18H,2,8-12H2,1H3. The molecule has 0 fully saturated rings. The van der Waals surface area contributed by atoms with Crippen LogP contribution in [0.25, 0.3) is 0 Å². The molecule has 0 aliphatic carbocycles. The molecule has 0 radical (unpaired) electrons. The smallest absolute Gasteiger partial charge is 0.240 e. The van der Waals surface area contributed by atoms with Crippen LogP contribution in [0.4, 0.5) is 5.69 Å². The summed E-state index contributed by atoms with van der Waals surface area (Å²) < 4.78 is 26.1. The Morgan fingerprint density at radius 3 is 2.62 bits per heavy atom. The minimum Gasteiger partial charge on any atom is -0.385 e. The molecule has 1 aromatic rings. The molecule has 0 amide bonds. The molecule has 0 spiro atoms. The lowest BCUT2D eigenvalue weighted by Gasteiger charge is -2.14. The highest BCUT2D eigenvalue weighted by Gasteiger charge is 2.11. The van der Waals surface area contributed by atoms with Gasteiger partial charge in [0, 0.05) is 25.3 Å². The fraction of sp³-hybridized carbons (Fsp3) is 0.467. The van der Waals surface area contributed by atoms with Gasteiger partial charge in [-0.05, 0) is 43.7 Å². The van der Waals surface area contributed by atoms with Gasteiger partial charge >= 0.3 is 0 Å². The van der Waals surface area contributed by atoms with E-state index in [9.17, 15) is 8.42 Å². The van der Waals surface area contributed by atoms with Crippen molar-refractivity contribution in [1.82, 2.24) is 10.0 Å². The lowest BCUT2D eigenvalue weighted by Crippen LogP contribution is -2.23. The summed E-state index contributed by atoms with van der Waals surface area (Å²) in [5, 5.41) is 6.62. The van der Waals surface area contributed by atoms with Crippen molar-refractivity contribution in [3.8, 4) is 0 Å². The minimum atomic E-state index is -3.36. The number of hydrogen-bond acceptors (Lipinski definition) is 4. The van der Waals surface area contributed by atoms with E-state index in [4.69, 9.17) is 0 Å². The summed E-state index contributed by atoms with van der Waals surface area (Å²) in [7, 11) is -3.36. The Morgan fingerprint density at radius 1 is 1.24 bits per heavy atom. The van der Waals surface area contributed by atoms with Crippen LogP contribution in [0.15, 0.2) is 40.8 Å². The van der Waals surface area contributed by atoms with Crippen molar-refractivity contribution in [3.63, 3.8) is 0 Å². The third-order valence-corrected chi connectivity index (χ3v) is 4.99. The van der Waals surface area contributed by atoms with E-state index in [1.807, 2.05) is 0 Å². The largest absolute Gasteiger partial charge is 0.385 e. The molecule has 0 unspecified atom stereocenters. The monoisotopic (exact) mass is 309 g/mol. The Kier molecular flexibility index (Phi) is 5.78. The first kappa shape index (κ1) is 16.0. The van der Waals surface area contributed by atoms with Crippen LogP contribution in [0, 0.1) is 0 Å². The molecule has 3 N–H and O–H groups in total. The van der Waals surface area contributed by atoms with Gasteiger partial charge < -0.3 is 10.6 Å². The molecule has 2 rings (SSSR count). The predicted octanol–water partition coefficient (Wildman–Crippen LogP) is 1.71. The van der Waals surface area contributed by atoms with E-state index in [1.165, 1.54) is 5.57 Å². The van der Waals surface area contributed by atoms with Gasteiger partial charge in [0.25, 0.3) is 0 Å². The summed E-state index contributed by atoms with van der Waals surface area (Å²) in [6.07, 6.45) is 4.39. The van der Waals surface area contributed by atoms with Crippen LogP contribution in [0.1, 0.15) is 19.8 Å². The van der Waals surface area contributed by atoms with Crippen LogP contribution in [-0.4, -0.2) is 34.6 Å². The number of rotatable bonds is 7. The Labute approximate surface area is 126 Å². The van der Waals surface area contributed by atoms with Crippen molar-refractivity contribution in [2.24, 2.45) is 0 Å². The Hall–Kier alpha value is -1.37. The maximum atomic E-state index is 11.8. The van der Waals surface area contributed by atoms with Crippen LogP contribution in [0.3, 0.4) is 0 Å². The van der Waals surface area contributed by atoms with Crippen molar-refractivity contribution < 1.29 is 8.42 Å². The molecule has 0 saturated heterocycles. The van der Waals surface area contributed by atoms with E-state index in [-0.39, 0.29) is 0 Å². The summed E-state index contributed by atoms with van der Waals surface area (Å²) in [4.78, 5) is 0.302. The average Bonchev–Trinajstić information content (AvgIpc) is 2.49. The van der Waals surface area contributed by atoms with Gasteiger partial charge in [-0.25, -0.2) is 13.1 Å². The second kappa shape index (κ2) is 7.59. The lowest BCUT2D eigenvalue weighted by molar-refractivity contribution is 0.584. The second-order valence-corrected chi connectivity index (χ2v) is 6.79. The van der Waals surface area contributed by atoms with Crippen LogP contribution >= 0.6 is 0 Å². The lowest BCUT2D eigenvalue weighted by atomic mass is 10.1. The van der Waals surface area contributed by atoms with E-state index >= 15 is 0 Å². The summed E-state index contributed by atoms with van der Waals surface area (Å²) in [5.74, 6) is 0. The number of anilines is 1. The molecule has 21 heavy (non-hydrogen) atoms. The molecule has 0 atom stereocenters. The molecule has 0 saturated carbocycles. The molecule has 1 aliphatic rings. The molecule has 6 heteroatoms. The van der Waals surface area contributed by atoms with Crippen LogP contribution in [0.5, 0.6) is 0 Å². The maximum Gasteiger partial charge on any atom is 0.240 e. The van der Waals surface area contributed by atoms with E-state index in [2.05, 4.69) is 21.4 Å². The van der Waals surface area contributed by atoms with E-state index in [0.29, 0.717) is 11.4 Å². The normalized spacial score (nSPS) is 15.6. The van der Waals surface area contributed by atoms with Gasteiger partial charge in [-0.1, -0.05) is 18.6 Å². The molecule has 5 nitrogen and oxygen atoms in total. The summed E-state index contributed by atoms with van der Waals surface area (Å²) >= 11 is 0. The van der Waals surface area contributed by atoms with E-state index < -0.39 is 10.0 Å². The van der Waals surface area contributed by atoms with E-state index in [1.54, 1.807) is 31.2 Å². The molecular weight excluding hydrogens is 286 g/mol. The SMILES string of the molecule is CCNS(=O)(=O)c1ccc(NCCC2=CCNCC2)cc1. The molecule has 0 aromatic heterocycles. The highest BCUT2D eigenvalue weighted by molar-refractivity contribution is 7.89. The number of sulfonamides is 1. The van der Waals surface area contributed by atoms with Gasteiger partial charge in [0.15, 0.2) is 0 Å². The quantitative estimate of drug-likeness (QED) is 0.671. The van der Waals surface area contributed by atoms with Gasteiger partial charge in [0.2, 0.25) is 10.0 Å². The first-order chi connectivity index (χ1) is 10.1. The third kappa shape index (κ3) is 4.84. The summed E-state index contributed by atoms with van der Waals surface area (Å²) in [6, 6.07) is 6.87. The molecule has 116 valence electrons. The van der Waals surface area contributed by atoms with Gasteiger partial charge in [0.1, 0.15) is 0 Å². The van der Waals surface area contributed by atoms with Crippen LogP contribution < -0.4 is 15.4 Å². The van der Waals surface area contributed by atoms with Crippen molar-refractivity contribution in [2.75, 3.05) is 31.5 Å².